The van der Waals surface area contributed by atoms with Gasteiger partial charge in [-0.2, -0.15) is 0 Å². The standard InChI is InChI=1S/C14H24N2S2/c1-5-15-10-7-6-8-11-13(10)16-12(18-11)9-17-14(2,3)4/h10,15H,5-9H2,1-4H3. The van der Waals surface area contributed by atoms with Crippen molar-refractivity contribution in [2.24, 2.45) is 0 Å². The average Bonchev–Trinajstić information content (AvgIpc) is 2.70. The fourth-order valence-corrected chi connectivity index (χ4v) is 4.25. The molecule has 1 heterocycles. The first-order chi connectivity index (χ1) is 8.49. The molecule has 0 saturated carbocycles. The third kappa shape index (κ3) is 3.72. The number of fused-ring (bicyclic) bond motifs is 1. The summed E-state index contributed by atoms with van der Waals surface area (Å²) in [6.07, 6.45) is 3.78. The topological polar surface area (TPSA) is 24.9 Å². The van der Waals surface area contributed by atoms with Crippen LogP contribution in [-0.2, 0) is 12.2 Å². The van der Waals surface area contributed by atoms with E-state index in [4.69, 9.17) is 4.98 Å². The van der Waals surface area contributed by atoms with Crippen molar-refractivity contribution in [3.8, 4) is 0 Å². The van der Waals surface area contributed by atoms with Crippen molar-refractivity contribution < 1.29 is 0 Å². The molecule has 0 spiro atoms. The molecule has 1 aliphatic rings. The van der Waals surface area contributed by atoms with Gasteiger partial charge in [-0.15, -0.1) is 23.1 Å². The summed E-state index contributed by atoms with van der Waals surface area (Å²) in [6, 6.07) is 0.503. The molecule has 0 amide bonds. The third-order valence-electron chi connectivity index (χ3n) is 3.08. The Morgan fingerprint density at radius 1 is 1.44 bits per heavy atom. The highest BCUT2D eigenvalue weighted by Crippen LogP contribution is 2.36. The van der Waals surface area contributed by atoms with Gasteiger partial charge >= 0.3 is 0 Å². The van der Waals surface area contributed by atoms with E-state index >= 15 is 0 Å². The third-order valence-corrected chi connectivity index (χ3v) is 5.68. The summed E-state index contributed by atoms with van der Waals surface area (Å²) in [5.74, 6) is 1.06. The first-order valence-electron chi connectivity index (χ1n) is 6.85. The first-order valence-corrected chi connectivity index (χ1v) is 8.65. The molecule has 1 aromatic rings. The van der Waals surface area contributed by atoms with Crippen LogP contribution in [0.25, 0.3) is 0 Å². The maximum absolute atomic E-state index is 4.89. The fraction of sp³-hybridized carbons (Fsp3) is 0.786. The SMILES string of the molecule is CCNC1CCCc2sc(CSC(C)(C)C)nc21. The zero-order chi connectivity index (χ0) is 13.2. The van der Waals surface area contributed by atoms with Gasteiger partial charge in [0.25, 0.3) is 0 Å². The van der Waals surface area contributed by atoms with E-state index in [1.165, 1.54) is 34.8 Å². The van der Waals surface area contributed by atoms with Crippen LogP contribution in [0, 0.1) is 0 Å². The van der Waals surface area contributed by atoms with Gasteiger partial charge in [-0.05, 0) is 25.8 Å². The molecule has 0 radical (unpaired) electrons. The van der Waals surface area contributed by atoms with Gasteiger partial charge in [0.2, 0.25) is 0 Å². The Bertz CT molecular complexity index is 393. The molecule has 102 valence electrons. The van der Waals surface area contributed by atoms with Crippen molar-refractivity contribution in [3.63, 3.8) is 0 Å². The zero-order valence-electron chi connectivity index (χ0n) is 11.9. The number of hydrogen-bond acceptors (Lipinski definition) is 4. The maximum atomic E-state index is 4.89. The zero-order valence-corrected chi connectivity index (χ0v) is 13.5. The van der Waals surface area contributed by atoms with Gasteiger partial charge in [-0.1, -0.05) is 27.7 Å². The van der Waals surface area contributed by atoms with Crippen LogP contribution in [0.4, 0.5) is 0 Å². The van der Waals surface area contributed by atoms with Crippen LogP contribution in [-0.4, -0.2) is 16.3 Å². The van der Waals surface area contributed by atoms with Gasteiger partial charge in [-0.25, -0.2) is 4.98 Å². The summed E-state index contributed by atoms with van der Waals surface area (Å²) in [5, 5.41) is 4.87. The molecule has 18 heavy (non-hydrogen) atoms. The van der Waals surface area contributed by atoms with E-state index in [9.17, 15) is 0 Å². The highest BCUT2D eigenvalue weighted by atomic mass is 32.2. The lowest BCUT2D eigenvalue weighted by Gasteiger charge is -2.21. The molecule has 0 saturated heterocycles. The van der Waals surface area contributed by atoms with E-state index in [1.54, 1.807) is 0 Å². The monoisotopic (exact) mass is 284 g/mol. The number of aryl methyl sites for hydroxylation is 1. The largest absolute Gasteiger partial charge is 0.309 e. The molecule has 4 heteroatoms. The molecule has 1 atom stereocenters. The van der Waals surface area contributed by atoms with Gasteiger partial charge in [0.15, 0.2) is 0 Å². The maximum Gasteiger partial charge on any atom is 0.103 e. The van der Waals surface area contributed by atoms with Crippen molar-refractivity contribution in [2.75, 3.05) is 6.54 Å². The van der Waals surface area contributed by atoms with Crippen LogP contribution >= 0.6 is 23.1 Å². The molecule has 1 N–H and O–H groups in total. The molecule has 0 bridgehead atoms. The van der Waals surface area contributed by atoms with Crippen LogP contribution in [0.15, 0.2) is 0 Å². The van der Waals surface area contributed by atoms with Crippen LogP contribution < -0.4 is 5.32 Å². The quantitative estimate of drug-likeness (QED) is 0.898. The molecule has 2 rings (SSSR count). The molecule has 2 nitrogen and oxygen atoms in total. The number of nitrogens with zero attached hydrogens (tertiary/aromatic N) is 1. The second-order valence-electron chi connectivity index (χ2n) is 5.82. The smallest absolute Gasteiger partial charge is 0.103 e. The number of thioether (sulfide) groups is 1. The van der Waals surface area contributed by atoms with E-state index in [0.29, 0.717) is 10.8 Å². The van der Waals surface area contributed by atoms with Crippen molar-refractivity contribution in [1.82, 2.24) is 10.3 Å². The molecule has 1 unspecified atom stereocenters. The van der Waals surface area contributed by atoms with Gasteiger partial charge in [0, 0.05) is 15.4 Å². The van der Waals surface area contributed by atoms with Gasteiger partial charge in [-0.3, -0.25) is 0 Å². The minimum atomic E-state index is 0.327. The predicted octanol–water partition coefficient (Wildman–Crippen LogP) is 4.16. The molecule has 1 aliphatic carbocycles. The van der Waals surface area contributed by atoms with E-state index in [-0.39, 0.29) is 0 Å². The Labute approximate surface area is 119 Å². The second-order valence-corrected chi connectivity index (χ2v) is 8.79. The van der Waals surface area contributed by atoms with Crippen molar-refractivity contribution >= 4 is 23.1 Å². The Kier molecular flexibility index (Phi) is 4.73. The summed E-state index contributed by atoms with van der Waals surface area (Å²) in [5.41, 5.74) is 1.35. The number of aromatic nitrogens is 1. The Morgan fingerprint density at radius 3 is 2.89 bits per heavy atom. The van der Waals surface area contributed by atoms with Gasteiger partial charge in [0.05, 0.1) is 11.7 Å². The lowest BCUT2D eigenvalue weighted by Crippen LogP contribution is -2.24. The van der Waals surface area contributed by atoms with Gasteiger partial charge in [0.1, 0.15) is 5.01 Å². The highest BCUT2D eigenvalue weighted by Gasteiger charge is 2.24. The molecule has 0 fully saturated rings. The molecular formula is C14H24N2S2. The van der Waals surface area contributed by atoms with E-state index < -0.39 is 0 Å². The van der Waals surface area contributed by atoms with Crippen LogP contribution in [0.1, 0.15) is 62.2 Å². The van der Waals surface area contributed by atoms with Crippen LogP contribution in [0.3, 0.4) is 0 Å². The normalized spacial score (nSPS) is 19.9. The number of thiazole rings is 1. The summed E-state index contributed by atoms with van der Waals surface area (Å²) in [6.45, 7) is 10.0. The summed E-state index contributed by atoms with van der Waals surface area (Å²) < 4.78 is 0.327. The van der Waals surface area contributed by atoms with Crippen LogP contribution in [0.2, 0.25) is 0 Å². The summed E-state index contributed by atoms with van der Waals surface area (Å²) in [7, 11) is 0. The number of hydrogen-bond donors (Lipinski definition) is 1. The Morgan fingerprint density at radius 2 is 2.22 bits per heavy atom. The van der Waals surface area contributed by atoms with Crippen LogP contribution in [0.5, 0.6) is 0 Å². The summed E-state index contributed by atoms with van der Waals surface area (Å²) in [4.78, 5) is 6.41. The molecule has 1 aromatic heterocycles. The average molecular weight is 284 g/mol. The van der Waals surface area contributed by atoms with Crippen molar-refractivity contribution in [3.05, 3.63) is 15.6 Å². The number of nitrogens with one attached hydrogen (secondary N) is 1. The van der Waals surface area contributed by atoms with Crippen molar-refractivity contribution in [2.45, 2.75) is 63.5 Å². The lowest BCUT2D eigenvalue weighted by molar-refractivity contribution is 0.465. The van der Waals surface area contributed by atoms with E-state index in [1.807, 2.05) is 23.1 Å². The minimum absolute atomic E-state index is 0.327. The van der Waals surface area contributed by atoms with Crippen molar-refractivity contribution in [1.29, 1.82) is 0 Å². The number of rotatable bonds is 4. The predicted molar refractivity (Wildman–Crippen MR) is 82.5 cm³/mol. The first kappa shape index (κ1) is 14.4. The Hall–Kier alpha value is -0.0600. The lowest BCUT2D eigenvalue weighted by atomic mass is 9.98. The van der Waals surface area contributed by atoms with Gasteiger partial charge < -0.3 is 5.32 Å². The second kappa shape index (κ2) is 5.93. The molecule has 0 aromatic carbocycles. The minimum Gasteiger partial charge on any atom is -0.309 e. The molecular weight excluding hydrogens is 260 g/mol. The summed E-state index contributed by atoms with van der Waals surface area (Å²) >= 11 is 3.93. The highest BCUT2D eigenvalue weighted by molar-refractivity contribution is 7.99. The van der Waals surface area contributed by atoms with E-state index in [2.05, 4.69) is 33.0 Å². The van der Waals surface area contributed by atoms with E-state index in [0.717, 1.165) is 12.3 Å². The fourth-order valence-electron chi connectivity index (χ4n) is 2.25. The molecule has 0 aliphatic heterocycles. The Balaban J connectivity index is 2.07.